The maximum Gasteiger partial charge on any atom is 0.251 e. The third kappa shape index (κ3) is 2.55. The molecule has 0 saturated carbocycles. The number of hydrogen-bond acceptors (Lipinski definition) is 5. The normalized spacial score (nSPS) is 11.0. The number of aryl methyl sites for hydroxylation is 2. The highest BCUT2D eigenvalue weighted by molar-refractivity contribution is 7.22. The van der Waals surface area contributed by atoms with Crippen molar-refractivity contribution >= 4 is 32.6 Å². The van der Waals surface area contributed by atoms with Gasteiger partial charge >= 0.3 is 0 Å². The standard InChI is InChI=1S/C15H17N5OS/c1-8-11(9(2)20(3)19-8)7-17-14(21)10-4-5-12-13(6-10)22-15(16)18-12/h4-6H,7H2,1-3H3,(H2,16,18)(H,17,21). The van der Waals surface area contributed by atoms with Crippen LogP contribution in [0, 0.1) is 13.8 Å². The van der Waals surface area contributed by atoms with E-state index in [9.17, 15) is 4.79 Å². The van der Waals surface area contributed by atoms with Crippen molar-refractivity contribution in [1.82, 2.24) is 20.1 Å². The number of rotatable bonds is 3. The molecule has 0 aliphatic carbocycles. The van der Waals surface area contributed by atoms with E-state index in [1.54, 1.807) is 6.07 Å². The number of fused-ring (bicyclic) bond motifs is 1. The first-order chi connectivity index (χ1) is 10.5. The Hall–Kier alpha value is -2.41. The minimum absolute atomic E-state index is 0.114. The van der Waals surface area contributed by atoms with E-state index >= 15 is 0 Å². The first-order valence-corrected chi connectivity index (χ1v) is 7.70. The second-order valence-electron chi connectivity index (χ2n) is 5.19. The van der Waals surface area contributed by atoms with Crippen molar-refractivity contribution in [3.8, 4) is 0 Å². The zero-order valence-electron chi connectivity index (χ0n) is 12.7. The molecule has 1 amide bonds. The Morgan fingerprint density at radius 1 is 1.41 bits per heavy atom. The molecule has 2 heterocycles. The van der Waals surface area contributed by atoms with Gasteiger partial charge in [-0.15, -0.1) is 0 Å². The number of amides is 1. The lowest BCUT2D eigenvalue weighted by Crippen LogP contribution is -2.23. The number of nitrogens with one attached hydrogen (secondary N) is 1. The maximum atomic E-state index is 12.3. The molecule has 0 bridgehead atoms. The van der Waals surface area contributed by atoms with Gasteiger partial charge in [0, 0.05) is 30.4 Å². The summed E-state index contributed by atoms with van der Waals surface area (Å²) >= 11 is 1.38. The number of nitrogen functional groups attached to an aromatic ring is 1. The topological polar surface area (TPSA) is 85.8 Å². The highest BCUT2D eigenvalue weighted by Crippen LogP contribution is 2.24. The fourth-order valence-corrected chi connectivity index (χ4v) is 3.20. The molecule has 3 rings (SSSR count). The van der Waals surface area contributed by atoms with Gasteiger partial charge in [-0.25, -0.2) is 4.98 Å². The molecule has 22 heavy (non-hydrogen) atoms. The van der Waals surface area contributed by atoms with Gasteiger partial charge in [0.25, 0.3) is 5.91 Å². The Morgan fingerprint density at radius 2 is 2.18 bits per heavy atom. The smallest absolute Gasteiger partial charge is 0.251 e. The van der Waals surface area contributed by atoms with E-state index in [2.05, 4.69) is 15.4 Å². The van der Waals surface area contributed by atoms with E-state index in [1.807, 2.05) is 37.7 Å². The number of anilines is 1. The van der Waals surface area contributed by atoms with Crippen LogP contribution in [0.4, 0.5) is 5.13 Å². The molecular weight excluding hydrogens is 298 g/mol. The summed E-state index contributed by atoms with van der Waals surface area (Å²) in [6.07, 6.45) is 0. The lowest BCUT2D eigenvalue weighted by atomic mass is 10.1. The molecule has 0 atom stereocenters. The lowest BCUT2D eigenvalue weighted by molar-refractivity contribution is 0.0951. The Morgan fingerprint density at radius 3 is 2.86 bits per heavy atom. The quantitative estimate of drug-likeness (QED) is 0.775. The van der Waals surface area contributed by atoms with Crippen LogP contribution in [0.2, 0.25) is 0 Å². The Labute approximate surface area is 132 Å². The molecule has 0 radical (unpaired) electrons. The van der Waals surface area contributed by atoms with Gasteiger partial charge in [-0.05, 0) is 32.0 Å². The second-order valence-corrected chi connectivity index (χ2v) is 6.25. The van der Waals surface area contributed by atoms with Crippen molar-refractivity contribution in [2.24, 2.45) is 7.05 Å². The summed E-state index contributed by atoms with van der Waals surface area (Å²) < 4.78 is 2.74. The summed E-state index contributed by atoms with van der Waals surface area (Å²) in [5.74, 6) is -0.114. The van der Waals surface area contributed by atoms with Gasteiger partial charge in [-0.2, -0.15) is 5.10 Å². The highest BCUT2D eigenvalue weighted by atomic mass is 32.1. The third-order valence-electron chi connectivity index (χ3n) is 3.75. The molecule has 114 valence electrons. The zero-order valence-corrected chi connectivity index (χ0v) is 13.5. The molecule has 3 aromatic rings. The molecule has 6 nitrogen and oxygen atoms in total. The van der Waals surface area contributed by atoms with Crippen molar-refractivity contribution in [2.45, 2.75) is 20.4 Å². The SMILES string of the molecule is Cc1nn(C)c(C)c1CNC(=O)c1ccc2nc(N)sc2c1. The number of hydrogen-bond donors (Lipinski definition) is 2. The molecule has 0 unspecified atom stereocenters. The Bertz CT molecular complexity index is 864. The van der Waals surface area contributed by atoms with Gasteiger partial charge in [0.05, 0.1) is 15.9 Å². The molecule has 2 aromatic heterocycles. The van der Waals surface area contributed by atoms with Crippen LogP contribution in [0.15, 0.2) is 18.2 Å². The van der Waals surface area contributed by atoms with Crippen molar-refractivity contribution in [3.63, 3.8) is 0 Å². The van der Waals surface area contributed by atoms with E-state index < -0.39 is 0 Å². The third-order valence-corrected chi connectivity index (χ3v) is 4.60. The number of nitrogens with zero attached hydrogens (tertiary/aromatic N) is 3. The summed E-state index contributed by atoms with van der Waals surface area (Å²) in [5, 5.41) is 7.80. The fraction of sp³-hybridized carbons (Fsp3) is 0.267. The van der Waals surface area contributed by atoms with Crippen LogP contribution in [0.3, 0.4) is 0 Å². The Kier molecular flexibility index (Phi) is 3.58. The highest BCUT2D eigenvalue weighted by Gasteiger charge is 2.12. The number of carbonyl (C=O) groups is 1. The van der Waals surface area contributed by atoms with Crippen molar-refractivity contribution < 1.29 is 4.79 Å². The van der Waals surface area contributed by atoms with Gasteiger partial charge < -0.3 is 11.1 Å². The summed E-state index contributed by atoms with van der Waals surface area (Å²) in [4.78, 5) is 16.5. The Balaban J connectivity index is 1.78. The van der Waals surface area contributed by atoms with Crippen LogP contribution in [-0.4, -0.2) is 20.7 Å². The van der Waals surface area contributed by atoms with Gasteiger partial charge in [0.15, 0.2) is 5.13 Å². The van der Waals surface area contributed by atoms with Crippen molar-refractivity contribution in [2.75, 3.05) is 5.73 Å². The van der Waals surface area contributed by atoms with Crippen LogP contribution in [0.25, 0.3) is 10.2 Å². The first-order valence-electron chi connectivity index (χ1n) is 6.89. The summed E-state index contributed by atoms with van der Waals surface area (Å²) in [6, 6.07) is 5.40. The van der Waals surface area contributed by atoms with Crippen molar-refractivity contribution in [3.05, 3.63) is 40.7 Å². The number of thiazole rings is 1. The van der Waals surface area contributed by atoms with Crippen molar-refractivity contribution in [1.29, 1.82) is 0 Å². The van der Waals surface area contributed by atoms with E-state index in [0.717, 1.165) is 27.2 Å². The van der Waals surface area contributed by atoms with Gasteiger partial charge in [0.1, 0.15) is 0 Å². The maximum absolute atomic E-state index is 12.3. The van der Waals surface area contributed by atoms with Crippen LogP contribution in [0.5, 0.6) is 0 Å². The predicted molar refractivity (Wildman–Crippen MR) is 87.9 cm³/mol. The number of aromatic nitrogens is 3. The molecule has 3 N–H and O–H groups in total. The average Bonchev–Trinajstić information content (AvgIpc) is 2.95. The van der Waals surface area contributed by atoms with Crippen LogP contribution in [-0.2, 0) is 13.6 Å². The van der Waals surface area contributed by atoms with E-state index in [4.69, 9.17) is 5.73 Å². The number of carbonyl (C=O) groups excluding carboxylic acids is 1. The number of benzene rings is 1. The van der Waals surface area contributed by atoms with Gasteiger partial charge in [-0.3, -0.25) is 9.48 Å². The van der Waals surface area contributed by atoms with Crippen LogP contribution in [0.1, 0.15) is 27.3 Å². The molecular formula is C15H17N5OS. The van der Waals surface area contributed by atoms with Gasteiger partial charge in [-0.1, -0.05) is 11.3 Å². The average molecular weight is 315 g/mol. The molecule has 0 aliphatic rings. The summed E-state index contributed by atoms with van der Waals surface area (Å²) in [6.45, 7) is 4.40. The molecule has 7 heteroatoms. The van der Waals surface area contributed by atoms with Gasteiger partial charge in [0.2, 0.25) is 0 Å². The molecule has 0 saturated heterocycles. The molecule has 0 spiro atoms. The zero-order chi connectivity index (χ0) is 15.9. The predicted octanol–water partition coefficient (Wildman–Crippen LogP) is 2.16. The summed E-state index contributed by atoms with van der Waals surface area (Å²) in [7, 11) is 1.90. The lowest BCUT2D eigenvalue weighted by Gasteiger charge is -2.06. The molecule has 0 aliphatic heterocycles. The molecule has 1 aromatic carbocycles. The van der Waals surface area contributed by atoms with E-state index in [-0.39, 0.29) is 5.91 Å². The second kappa shape index (κ2) is 5.42. The molecule has 0 fully saturated rings. The largest absolute Gasteiger partial charge is 0.375 e. The minimum Gasteiger partial charge on any atom is -0.375 e. The van der Waals surface area contributed by atoms with E-state index in [1.165, 1.54) is 11.3 Å². The summed E-state index contributed by atoms with van der Waals surface area (Å²) in [5.41, 5.74) is 10.2. The van der Waals surface area contributed by atoms with Crippen LogP contribution < -0.4 is 11.1 Å². The fourth-order valence-electron chi connectivity index (χ4n) is 2.43. The van der Waals surface area contributed by atoms with Crippen LogP contribution >= 0.6 is 11.3 Å². The monoisotopic (exact) mass is 315 g/mol. The first kappa shape index (κ1) is 14.5. The minimum atomic E-state index is -0.114. The van der Waals surface area contributed by atoms with E-state index in [0.29, 0.717) is 17.2 Å². The number of nitrogens with two attached hydrogens (primary N) is 1.